The summed E-state index contributed by atoms with van der Waals surface area (Å²) in [6.07, 6.45) is -8.29. The lowest BCUT2D eigenvalue weighted by atomic mass is 10.1. The van der Waals surface area contributed by atoms with Crippen molar-refractivity contribution in [2.45, 2.75) is 127 Å². The van der Waals surface area contributed by atoms with Crippen LogP contribution in [0.15, 0.2) is 22.2 Å². The van der Waals surface area contributed by atoms with Gasteiger partial charge in [-0.15, -0.1) is 0 Å². The van der Waals surface area contributed by atoms with E-state index in [1.165, 1.54) is 21.8 Å². The zero-order chi connectivity index (χ0) is 44.1. The highest BCUT2D eigenvalue weighted by Gasteiger charge is 2.58. The van der Waals surface area contributed by atoms with E-state index in [1.807, 2.05) is 67.7 Å². The Kier molecular flexibility index (Phi) is 11.4. The third-order valence-electron chi connectivity index (χ3n) is 11.8. The molecule has 0 bridgehead atoms. The SMILES string of the molecule is CC(C)(C)[Si](C)(C)O[C@H]1C2OP(=O)(O)OC[C@H]3O[C@@H](n4cnc5c(=O)[nH]c(N)nc54)[C@@H](O[Si](C)(C)C(C)(C)C)C3OP(=O)(O)OC[C@H]2O[C@H]1n1cnc2c(=O)[nH]c(N)nc21. The number of aromatic nitrogens is 8. The van der Waals surface area contributed by atoms with Crippen LogP contribution in [0.3, 0.4) is 0 Å². The number of nitrogens with zero attached hydrogens (tertiary/aromatic N) is 6. The van der Waals surface area contributed by atoms with Crippen LogP contribution >= 0.6 is 15.6 Å². The number of hydrogen-bond donors (Lipinski definition) is 6. The Hall–Kier alpha value is -3.21. The number of ether oxygens (including phenoxy) is 2. The smallest absolute Gasteiger partial charge is 0.407 e. The second-order valence-corrected chi connectivity index (χ2v) is 30.4. The van der Waals surface area contributed by atoms with Gasteiger partial charge < -0.3 is 39.6 Å². The summed E-state index contributed by atoms with van der Waals surface area (Å²) in [4.78, 5) is 70.0. The first-order valence-corrected chi connectivity index (χ1v) is 27.8. The molecule has 60 heavy (non-hydrogen) atoms. The number of nitrogens with one attached hydrogen (secondary N) is 2. The van der Waals surface area contributed by atoms with Crippen molar-refractivity contribution in [3.05, 3.63) is 33.4 Å². The van der Waals surface area contributed by atoms with Gasteiger partial charge in [-0.25, -0.2) is 19.1 Å². The van der Waals surface area contributed by atoms with Crippen LogP contribution in [-0.4, -0.2) is 115 Å². The molecular formula is C32H52N10O14P2Si2. The average Bonchev–Trinajstić information content (AvgIpc) is 3.86. The van der Waals surface area contributed by atoms with E-state index in [2.05, 4.69) is 29.9 Å². The lowest BCUT2D eigenvalue weighted by molar-refractivity contribution is -0.0663. The molecule has 0 saturated carbocycles. The van der Waals surface area contributed by atoms with Crippen LogP contribution in [0.1, 0.15) is 54.0 Å². The van der Waals surface area contributed by atoms with Crippen molar-refractivity contribution in [3.63, 3.8) is 0 Å². The van der Waals surface area contributed by atoms with Crippen LogP contribution in [0.5, 0.6) is 0 Å². The molecule has 24 nitrogen and oxygen atoms in total. The van der Waals surface area contributed by atoms with E-state index in [0.29, 0.717) is 0 Å². The quantitative estimate of drug-likeness (QED) is 0.120. The van der Waals surface area contributed by atoms with E-state index in [0.717, 1.165) is 0 Å². The molecule has 7 rings (SSSR count). The number of imidazole rings is 2. The highest BCUT2D eigenvalue weighted by atomic mass is 31.2. The standard InChI is InChI=1S/C32H52N10O14P2Si2/c1-31(2,3)59(7,8)55-21-19-15(51-27(21)41-13-35-17-23(41)37-29(33)39-25(17)43)11-49-58(47,48)54-20-16(12-50-57(45,46)53-19)52-28(22(20)56-60(9,10)32(4,5)6)42-14-36-18-24(42)38-30(34)40-26(18)44/h13-16,19-22,27-28H,11-12H2,1-10H3,(H,45,46)(H,47,48)(H3,33,37,39,43)(H3,34,38,40,44)/t15-,16-,19?,20?,21+,22+,27-,28-/m1/s1. The Morgan fingerprint density at radius 1 is 0.717 bits per heavy atom. The van der Waals surface area contributed by atoms with E-state index in [1.54, 1.807) is 0 Å². The predicted octanol–water partition coefficient (Wildman–Crippen LogP) is 3.01. The van der Waals surface area contributed by atoms with Crippen LogP contribution < -0.4 is 22.6 Å². The molecule has 0 amide bonds. The first-order valence-electron chi connectivity index (χ1n) is 19.0. The zero-order valence-corrected chi connectivity index (χ0v) is 38.5. The minimum absolute atomic E-state index is 0.00313. The molecule has 28 heteroatoms. The lowest BCUT2D eigenvalue weighted by Crippen LogP contribution is -2.50. The van der Waals surface area contributed by atoms with E-state index in [-0.39, 0.29) is 34.2 Å². The van der Waals surface area contributed by atoms with Gasteiger partial charge in [0.2, 0.25) is 11.9 Å². The molecule has 7 heterocycles. The van der Waals surface area contributed by atoms with Crippen molar-refractivity contribution < 1.29 is 55.3 Å². The molecule has 10 atom stereocenters. The van der Waals surface area contributed by atoms with Crippen LogP contribution in [-0.2, 0) is 45.6 Å². The molecule has 4 aromatic rings. The molecule has 3 saturated heterocycles. The highest BCUT2D eigenvalue weighted by molar-refractivity contribution is 7.47. The topological polar surface area (TPSA) is 328 Å². The number of phosphoric acid groups is 2. The maximum absolute atomic E-state index is 14.1. The third kappa shape index (κ3) is 8.47. The number of nitrogen functional groups attached to an aromatic ring is 2. The molecule has 4 unspecified atom stereocenters. The van der Waals surface area contributed by atoms with Gasteiger partial charge >= 0.3 is 15.6 Å². The van der Waals surface area contributed by atoms with Gasteiger partial charge in [0, 0.05) is 0 Å². The van der Waals surface area contributed by atoms with Crippen molar-refractivity contribution in [2.75, 3.05) is 24.7 Å². The van der Waals surface area contributed by atoms with Crippen LogP contribution in [0, 0.1) is 0 Å². The summed E-state index contributed by atoms with van der Waals surface area (Å²) in [5, 5.41) is -0.821. The number of aromatic amines is 2. The molecule has 332 valence electrons. The minimum atomic E-state index is -5.13. The van der Waals surface area contributed by atoms with Crippen molar-refractivity contribution in [1.82, 2.24) is 39.0 Å². The average molecular weight is 919 g/mol. The number of hydrogen-bond acceptors (Lipinski definition) is 18. The molecule has 3 aliphatic heterocycles. The fourth-order valence-corrected chi connectivity index (χ4v) is 11.1. The summed E-state index contributed by atoms with van der Waals surface area (Å²) in [6.45, 7) is 18.1. The van der Waals surface area contributed by atoms with Gasteiger partial charge in [-0.2, -0.15) is 9.97 Å². The van der Waals surface area contributed by atoms with E-state index < -0.39 is 116 Å². The molecule has 3 fully saturated rings. The van der Waals surface area contributed by atoms with Crippen molar-refractivity contribution in [2.24, 2.45) is 0 Å². The normalized spacial score (nSPS) is 32.5. The van der Waals surface area contributed by atoms with Gasteiger partial charge in [0.1, 0.15) is 36.6 Å². The maximum atomic E-state index is 14.1. The summed E-state index contributed by atoms with van der Waals surface area (Å²) in [5.41, 5.74) is 10.4. The molecule has 0 aromatic carbocycles. The lowest BCUT2D eigenvalue weighted by Gasteiger charge is -2.41. The van der Waals surface area contributed by atoms with Gasteiger partial charge in [0.25, 0.3) is 11.1 Å². The molecular weight excluding hydrogens is 867 g/mol. The number of nitrogens with two attached hydrogens (primary N) is 2. The number of rotatable bonds is 6. The predicted molar refractivity (Wildman–Crippen MR) is 218 cm³/mol. The first-order chi connectivity index (χ1) is 27.6. The van der Waals surface area contributed by atoms with Crippen LogP contribution in [0.2, 0.25) is 36.3 Å². The van der Waals surface area contributed by atoms with Gasteiger partial charge in [-0.3, -0.25) is 46.8 Å². The number of H-pyrrole nitrogens is 2. The second-order valence-electron chi connectivity index (χ2n) is 18.0. The summed E-state index contributed by atoms with van der Waals surface area (Å²) in [6, 6.07) is 0. The Morgan fingerprint density at radius 3 is 1.40 bits per heavy atom. The number of fused-ring (bicyclic) bond motifs is 4. The summed E-state index contributed by atoms with van der Waals surface area (Å²) in [7, 11) is -15.9. The summed E-state index contributed by atoms with van der Waals surface area (Å²) in [5.74, 6) is -0.430. The molecule has 0 radical (unpaired) electrons. The zero-order valence-electron chi connectivity index (χ0n) is 34.7. The Labute approximate surface area is 345 Å². The van der Waals surface area contributed by atoms with Gasteiger partial charge in [0.05, 0.1) is 25.9 Å². The number of anilines is 2. The highest BCUT2D eigenvalue weighted by Crippen LogP contribution is 2.56. The van der Waals surface area contributed by atoms with Crippen molar-refractivity contribution in [3.8, 4) is 0 Å². The molecule has 0 aliphatic carbocycles. The second kappa shape index (κ2) is 15.3. The summed E-state index contributed by atoms with van der Waals surface area (Å²) >= 11 is 0. The number of phosphoric ester groups is 2. The maximum Gasteiger partial charge on any atom is 0.472 e. The van der Waals surface area contributed by atoms with E-state index in [9.17, 15) is 28.5 Å². The Balaban J connectivity index is 1.29. The third-order valence-corrected chi connectivity index (χ3v) is 22.7. The first kappa shape index (κ1) is 44.8. The molecule has 4 aromatic heterocycles. The largest absolute Gasteiger partial charge is 0.472 e. The van der Waals surface area contributed by atoms with Gasteiger partial charge in [-0.1, -0.05) is 41.5 Å². The van der Waals surface area contributed by atoms with Crippen molar-refractivity contribution in [1.29, 1.82) is 0 Å². The molecule has 3 aliphatic rings. The Morgan fingerprint density at radius 2 is 1.07 bits per heavy atom. The van der Waals surface area contributed by atoms with Crippen LogP contribution in [0.4, 0.5) is 11.9 Å². The van der Waals surface area contributed by atoms with E-state index >= 15 is 0 Å². The van der Waals surface area contributed by atoms with Crippen molar-refractivity contribution >= 4 is 66.5 Å². The van der Waals surface area contributed by atoms with Gasteiger partial charge in [0.15, 0.2) is 51.4 Å². The summed E-state index contributed by atoms with van der Waals surface area (Å²) < 4.78 is 80.4. The molecule has 8 N–H and O–H groups in total. The minimum Gasteiger partial charge on any atom is -0.407 e. The molecule has 0 spiro atoms. The fraction of sp³-hybridized carbons (Fsp3) is 0.688. The Bertz CT molecular complexity index is 2330. The van der Waals surface area contributed by atoms with Gasteiger partial charge in [-0.05, 0) is 36.3 Å². The fourth-order valence-electron chi connectivity index (χ4n) is 6.63. The van der Waals surface area contributed by atoms with E-state index in [4.69, 9.17) is 47.9 Å². The van der Waals surface area contributed by atoms with Crippen LogP contribution in [0.25, 0.3) is 22.3 Å². The monoisotopic (exact) mass is 918 g/mol.